The first kappa shape index (κ1) is 11.2. The number of rotatable bonds is 3. The molecule has 0 radical (unpaired) electrons. The van der Waals surface area contributed by atoms with Crippen LogP contribution in [0, 0.1) is 5.92 Å². The standard InChI is InChI=1S/C10H13BrN2O/c1-7(6-12)10(14)13-9-5-3-2-4-8(9)11/h2-5,7H,6,12H2,1H3,(H,13,14). The van der Waals surface area contributed by atoms with Gasteiger partial charge in [0, 0.05) is 16.9 Å². The van der Waals surface area contributed by atoms with Gasteiger partial charge in [0.1, 0.15) is 0 Å². The Hall–Kier alpha value is -0.870. The van der Waals surface area contributed by atoms with Gasteiger partial charge in [0.05, 0.1) is 5.69 Å². The molecule has 14 heavy (non-hydrogen) atoms. The summed E-state index contributed by atoms with van der Waals surface area (Å²) in [6, 6.07) is 7.48. The molecule has 0 aliphatic rings. The number of hydrogen-bond acceptors (Lipinski definition) is 2. The summed E-state index contributed by atoms with van der Waals surface area (Å²) in [5.41, 5.74) is 6.17. The van der Waals surface area contributed by atoms with Gasteiger partial charge in [-0.05, 0) is 28.1 Å². The summed E-state index contributed by atoms with van der Waals surface area (Å²) in [6.07, 6.45) is 0. The molecule has 1 rings (SSSR count). The van der Waals surface area contributed by atoms with Crippen LogP contribution in [0.2, 0.25) is 0 Å². The number of halogens is 1. The van der Waals surface area contributed by atoms with Crippen molar-refractivity contribution in [2.24, 2.45) is 11.7 Å². The topological polar surface area (TPSA) is 55.1 Å². The normalized spacial score (nSPS) is 12.2. The van der Waals surface area contributed by atoms with Gasteiger partial charge in [-0.2, -0.15) is 0 Å². The molecule has 3 nitrogen and oxygen atoms in total. The van der Waals surface area contributed by atoms with Crippen molar-refractivity contribution in [1.82, 2.24) is 0 Å². The summed E-state index contributed by atoms with van der Waals surface area (Å²) in [5.74, 6) is -0.221. The molecule has 0 saturated carbocycles. The fourth-order valence-electron chi connectivity index (χ4n) is 0.926. The van der Waals surface area contributed by atoms with Gasteiger partial charge in [-0.3, -0.25) is 4.79 Å². The molecule has 0 aliphatic carbocycles. The molecule has 0 spiro atoms. The summed E-state index contributed by atoms with van der Waals surface area (Å²) < 4.78 is 0.873. The number of para-hydroxylation sites is 1. The third-order valence-corrected chi connectivity index (χ3v) is 2.62. The number of nitrogens with one attached hydrogen (secondary N) is 1. The molecule has 0 fully saturated rings. The molecule has 0 aromatic heterocycles. The molecule has 3 N–H and O–H groups in total. The number of amides is 1. The highest BCUT2D eigenvalue weighted by Crippen LogP contribution is 2.21. The van der Waals surface area contributed by atoms with Crippen LogP contribution in [0.1, 0.15) is 6.92 Å². The molecule has 0 heterocycles. The van der Waals surface area contributed by atoms with Crippen molar-refractivity contribution < 1.29 is 4.79 Å². The second-order valence-electron chi connectivity index (χ2n) is 3.11. The lowest BCUT2D eigenvalue weighted by Crippen LogP contribution is -2.26. The van der Waals surface area contributed by atoms with Crippen LogP contribution in [0.25, 0.3) is 0 Å². The van der Waals surface area contributed by atoms with Crippen LogP contribution in [-0.4, -0.2) is 12.5 Å². The fourth-order valence-corrected chi connectivity index (χ4v) is 1.31. The molecule has 4 heteroatoms. The zero-order valence-corrected chi connectivity index (χ0v) is 9.54. The zero-order chi connectivity index (χ0) is 10.6. The van der Waals surface area contributed by atoms with Gasteiger partial charge in [0.25, 0.3) is 0 Å². The van der Waals surface area contributed by atoms with Crippen LogP contribution < -0.4 is 11.1 Å². The Bertz CT molecular complexity index is 328. The quantitative estimate of drug-likeness (QED) is 0.869. The molecular weight excluding hydrogens is 244 g/mol. The maximum atomic E-state index is 11.5. The van der Waals surface area contributed by atoms with Crippen LogP contribution in [0.5, 0.6) is 0 Å². The highest BCUT2D eigenvalue weighted by atomic mass is 79.9. The van der Waals surface area contributed by atoms with Gasteiger partial charge in [-0.15, -0.1) is 0 Å². The van der Waals surface area contributed by atoms with E-state index in [0.717, 1.165) is 10.2 Å². The van der Waals surface area contributed by atoms with E-state index in [0.29, 0.717) is 6.54 Å². The van der Waals surface area contributed by atoms with Gasteiger partial charge in [-0.25, -0.2) is 0 Å². The number of carbonyl (C=O) groups is 1. The Morgan fingerprint density at radius 1 is 1.57 bits per heavy atom. The van der Waals surface area contributed by atoms with Crippen LogP contribution in [-0.2, 0) is 4.79 Å². The Morgan fingerprint density at radius 3 is 2.79 bits per heavy atom. The lowest BCUT2D eigenvalue weighted by molar-refractivity contribution is -0.119. The zero-order valence-electron chi connectivity index (χ0n) is 7.96. The minimum Gasteiger partial charge on any atom is -0.330 e. The van der Waals surface area contributed by atoms with Gasteiger partial charge in [0.15, 0.2) is 0 Å². The van der Waals surface area contributed by atoms with Gasteiger partial charge >= 0.3 is 0 Å². The minimum atomic E-state index is -0.165. The summed E-state index contributed by atoms with van der Waals surface area (Å²) in [5, 5.41) is 2.80. The van der Waals surface area contributed by atoms with E-state index < -0.39 is 0 Å². The summed E-state index contributed by atoms with van der Waals surface area (Å²) >= 11 is 3.35. The second-order valence-corrected chi connectivity index (χ2v) is 3.96. The highest BCUT2D eigenvalue weighted by Gasteiger charge is 2.11. The smallest absolute Gasteiger partial charge is 0.228 e. The Balaban J connectivity index is 2.70. The van der Waals surface area contributed by atoms with Gasteiger partial charge in [-0.1, -0.05) is 19.1 Å². The van der Waals surface area contributed by atoms with Crippen LogP contribution in [0.3, 0.4) is 0 Å². The first-order valence-electron chi connectivity index (χ1n) is 4.40. The lowest BCUT2D eigenvalue weighted by atomic mass is 10.1. The lowest BCUT2D eigenvalue weighted by Gasteiger charge is -2.10. The van der Waals surface area contributed by atoms with Crippen molar-refractivity contribution in [2.45, 2.75) is 6.92 Å². The third kappa shape index (κ3) is 2.82. The predicted molar refractivity (Wildman–Crippen MR) is 61.0 cm³/mol. The molecule has 1 amide bonds. The largest absolute Gasteiger partial charge is 0.330 e. The van der Waals surface area contributed by atoms with Crippen molar-refractivity contribution in [3.63, 3.8) is 0 Å². The van der Waals surface area contributed by atoms with E-state index >= 15 is 0 Å². The molecule has 76 valence electrons. The van der Waals surface area contributed by atoms with E-state index in [1.807, 2.05) is 24.3 Å². The Labute approximate surface area is 91.8 Å². The van der Waals surface area contributed by atoms with Crippen LogP contribution in [0.15, 0.2) is 28.7 Å². The number of nitrogens with two attached hydrogens (primary N) is 1. The highest BCUT2D eigenvalue weighted by molar-refractivity contribution is 9.10. The first-order chi connectivity index (χ1) is 6.65. The average Bonchev–Trinajstić information content (AvgIpc) is 2.20. The third-order valence-electron chi connectivity index (χ3n) is 1.93. The number of hydrogen-bond donors (Lipinski definition) is 2. The second kappa shape index (κ2) is 5.12. The van der Waals surface area contributed by atoms with Crippen molar-refractivity contribution in [3.05, 3.63) is 28.7 Å². The van der Waals surface area contributed by atoms with Crippen LogP contribution >= 0.6 is 15.9 Å². The van der Waals surface area contributed by atoms with Crippen molar-refractivity contribution in [3.8, 4) is 0 Å². The van der Waals surface area contributed by atoms with Gasteiger partial charge < -0.3 is 11.1 Å². The van der Waals surface area contributed by atoms with E-state index in [4.69, 9.17) is 5.73 Å². The molecule has 0 aliphatic heterocycles. The monoisotopic (exact) mass is 256 g/mol. The molecule has 1 aromatic carbocycles. The van der Waals surface area contributed by atoms with Crippen molar-refractivity contribution in [2.75, 3.05) is 11.9 Å². The average molecular weight is 257 g/mol. The summed E-state index contributed by atoms with van der Waals surface area (Å²) in [7, 11) is 0. The van der Waals surface area contributed by atoms with Crippen LogP contribution in [0.4, 0.5) is 5.69 Å². The first-order valence-corrected chi connectivity index (χ1v) is 5.20. The van der Waals surface area contributed by atoms with E-state index in [2.05, 4.69) is 21.2 Å². The number of benzene rings is 1. The summed E-state index contributed by atoms with van der Waals surface area (Å²) in [6.45, 7) is 2.16. The van der Waals surface area contributed by atoms with Gasteiger partial charge in [0.2, 0.25) is 5.91 Å². The molecule has 1 unspecified atom stereocenters. The van der Waals surface area contributed by atoms with E-state index in [9.17, 15) is 4.79 Å². The molecule has 1 atom stereocenters. The molecule has 0 bridgehead atoms. The molecular formula is C10H13BrN2O. The SMILES string of the molecule is CC(CN)C(=O)Nc1ccccc1Br. The fraction of sp³-hybridized carbons (Fsp3) is 0.300. The Kier molecular flexibility index (Phi) is 4.10. The van der Waals surface area contributed by atoms with Crippen molar-refractivity contribution in [1.29, 1.82) is 0 Å². The van der Waals surface area contributed by atoms with Crippen molar-refractivity contribution >= 4 is 27.5 Å². The number of anilines is 1. The maximum absolute atomic E-state index is 11.5. The molecule has 0 saturated heterocycles. The maximum Gasteiger partial charge on any atom is 0.228 e. The molecule has 1 aromatic rings. The number of carbonyl (C=O) groups excluding carboxylic acids is 1. The minimum absolute atomic E-state index is 0.0561. The van der Waals surface area contributed by atoms with E-state index in [1.54, 1.807) is 6.92 Å². The summed E-state index contributed by atoms with van der Waals surface area (Å²) in [4.78, 5) is 11.5. The predicted octanol–water partition coefficient (Wildman–Crippen LogP) is 1.98. The Morgan fingerprint density at radius 2 is 2.21 bits per heavy atom. The van der Waals surface area contributed by atoms with E-state index in [-0.39, 0.29) is 11.8 Å². The van der Waals surface area contributed by atoms with E-state index in [1.165, 1.54) is 0 Å².